The first-order valence-electron chi connectivity index (χ1n) is 7.53. The summed E-state index contributed by atoms with van der Waals surface area (Å²) < 4.78 is 12.4. The summed E-state index contributed by atoms with van der Waals surface area (Å²) in [6, 6.07) is 6.43. The van der Waals surface area contributed by atoms with E-state index < -0.39 is 0 Å². The topological polar surface area (TPSA) is 68.5 Å². The van der Waals surface area contributed by atoms with E-state index in [9.17, 15) is 0 Å². The molecule has 2 N–H and O–H groups in total. The van der Waals surface area contributed by atoms with Crippen molar-refractivity contribution in [1.82, 2.24) is 9.78 Å². The molecule has 1 atom stereocenters. The summed E-state index contributed by atoms with van der Waals surface area (Å²) in [6.07, 6.45) is 5.67. The average Bonchev–Trinajstić information content (AvgIpc) is 3.14. The van der Waals surface area contributed by atoms with Gasteiger partial charge in [-0.3, -0.25) is 4.68 Å². The van der Waals surface area contributed by atoms with Gasteiger partial charge >= 0.3 is 0 Å². The van der Waals surface area contributed by atoms with Gasteiger partial charge in [0.05, 0.1) is 25.0 Å². The van der Waals surface area contributed by atoms with E-state index in [1.165, 1.54) is 5.56 Å². The zero-order chi connectivity index (χ0) is 15.4. The van der Waals surface area contributed by atoms with Crippen LogP contribution in [0.1, 0.15) is 18.9 Å². The number of aliphatic hydroxyl groups excluding tert-OH is 1. The molecule has 6 nitrogen and oxygen atoms in total. The minimum Gasteiger partial charge on any atom is -0.454 e. The zero-order valence-electron chi connectivity index (χ0n) is 12.7. The number of aromatic nitrogens is 2. The van der Waals surface area contributed by atoms with Crippen molar-refractivity contribution in [2.45, 2.75) is 32.4 Å². The molecular formula is C16H21N3O3. The fraction of sp³-hybridized carbons (Fsp3) is 0.438. The largest absolute Gasteiger partial charge is 0.454 e. The van der Waals surface area contributed by atoms with Gasteiger partial charge in [-0.25, -0.2) is 0 Å². The Labute approximate surface area is 129 Å². The van der Waals surface area contributed by atoms with Crippen LogP contribution in [0.15, 0.2) is 30.6 Å². The molecule has 1 aromatic carbocycles. The molecule has 0 bridgehead atoms. The van der Waals surface area contributed by atoms with Crippen molar-refractivity contribution in [1.29, 1.82) is 0 Å². The van der Waals surface area contributed by atoms with Crippen LogP contribution in [0.5, 0.6) is 11.5 Å². The van der Waals surface area contributed by atoms with Gasteiger partial charge in [0.15, 0.2) is 11.5 Å². The zero-order valence-corrected chi connectivity index (χ0v) is 12.7. The number of fused-ring (bicyclic) bond motifs is 1. The number of aryl methyl sites for hydroxylation is 1. The molecule has 0 amide bonds. The van der Waals surface area contributed by atoms with Crippen LogP contribution in [0.4, 0.5) is 5.69 Å². The molecule has 3 rings (SSSR count). The molecule has 0 saturated heterocycles. The Kier molecular flexibility index (Phi) is 4.48. The second kappa shape index (κ2) is 6.70. The van der Waals surface area contributed by atoms with E-state index in [1.807, 2.05) is 18.3 Å². The molecule has 22 heavy (non-hydrogen) atoms. The highest BCUT2D eigenvalue weighted by Gasteiger charge is 2.13. The Bertz CT molecular complexity index is 627. The molecule has 6 heteroatoms. The smallest absolute Gasteiger partial charge is 0.231 e. The summed E-state index contributed by atoms with van der Waals surface area (Å²) in [5.74, 6) is 1.66. The van der Waals surface area contributed by atoms with Gasteiger partial charge in [-0.2, -0.15) is 5.10 Å². The van der Waals surface area contributed by atoms with Crippen molar-refractivity contribution in [2.75, 3.05) is 18.7 Å². The standard InChI is InChI=1S/C16H21N3O3/c1-12(18-14-9-17-19(10-14)6-7-20)2-3-13-4-5-15-16(8-13)22-11-21-15/h4-5,8-10,12,18,20H,2-3,6-7,11H2,1H3. The highest BCUT2D eigenvalue weighted by Crippen LogP contribution is 2.32. The number of anilines is 1. The maximum atomic E-state index is 8.89. The van der Waals surface area contributed by atoms with Gasteiger partial charge in [0.2, 0.25) is 6.79 Å². The molecular weight excluding hydrogens is 282 g/mol. The monoisotopic (exact) mass is 303 g/mol. The number of rotatable bonds is 7. The number of nitrogens with one attached hydrogen (secondary N) is 1. The van der Waals surface area contributed by atoms with Gasteiger partial charge < -0.3 is 19.9 Å². The van der Waals surface area contributed by atoms with Crippen molar-refractivity contribution in [3.8, 4) is 11.5 Å². The van der Waals surface area contributed by atoms with E-state index in [0.717, 1.165) is 30.0 Å². The molecule has 1 aromatic heterocycles. The second-order valence-electron chi connectivity index (χ2n) is 5.49. The molecule has 0 spiro atoms. The van der Waals surface area contributed by atoms with E-state index >= 15 is 0 Å². The van der Waals surface area contributed by atoms with Crippen LogP contribution in [-0.4, -0.2) is 34.3 Å². The summed E-state index contributed by atoms with van der Waals surface area (Å²) in [5, 5.41) is 16.5. The number of hydrogen-bond donors (Lipinski definition) is 2. The molecule has 0 fully saturated rings. The van der Waals surface area contributed by atoms with Gasteiger partial charge in [0.25, 0.3) is 0 Å². The van der Waals surface area contributed by atoms with Gasteiger partial charge in [0.1, 0.15) is 0 Å². The van der Waals surface area contributed by atoms with E-state index in [1.54, 1.807) is 10.9 Å². The van der Waals surface area contributed by atoms with Crippen LogP contribution in [0, 0.1) is 0 Å². The lowest BCUT2D eigenvalue weighted by Gasteiger charge is -2.13. The van der Waals surface area contributed by atoms with Crippen LogP contribution >= 0.6 is 0 Å². The molecule has 2 heterocycles. The first-order valence-corrected chi connectivity index (χ1v) is 7.53. The van der Waals surface area contributed by atoms with Crippen LogP contribution < -0.4 is 14.8 Å². The molecule has 0 aliphatic carbocycles. The van der Waals surface area contributed by atoms with Crippen LogP contribution in [0.2, 0.25) is 0 Å². The van der Waals surface area contributed by atoms with E-state index in [0.29, 0.717) is 19.4 Å². The number of hydrogen-bond acceptors (Lipinski definition) is 5. The first-order chi connectivity index (χ1) is 10.7. The minimum absolute atomic E-state index is 0.0980. The van der Waals surface area contributed by atoms with E-state index in [4.69, 9.17) is 14.6 Å². The maximum absolute atomic E-state index is 8.89. The van der Waals surface area contributed by atoms with Crippen molar-refractivity contribution in [3.05, 3.63) is 36.2 Å². The first kappa shape index (κ1) is 14.7. The van der Waals surface area contributed by atoms with Crippen molar-refractivity contribution < 1.29 is 14.6 Å². The lowest BCUT2D eigenvalue weighted by Crippen LogP contribution is -2.15. The third kappa shape index (κ3) is 3.51. The summed E-state index contributed by atoms with van der Waals surface area (Å²) in [4.78, 5) is 0. The molecule has 2 aromatic rings. The fourth-order valence-corrected chi connectivity index (χ4v) is 2.50. The van der Waals surface area contributed by atoms with Gasteiger partial charge in [-0.1, -0.05) is 6.07 Å². The summed E-state index contributed by atoms with van der Waals surface area (Å²) >= 11 is 0. The molecule has 118 valence electrons. The molecule has 0 saturated carbocycles. The number of aliphatic hydroxyl groups is 1. The molecule has 0 radical (unpaired) electrons. The Morgan fingerprint density at radius 2 is 2.23 bits per heavy atom. The third-order valence-corrected chi connectivity index (χ3v) is 3.68. The summed E-state index contributed by atoms with van der Waals surface area (Å²) in [7, 11) is 0. The van der Waals surface area contributed by atoms with E-state index in [-0.39, 0.29) is 6.61 Å². The lowest BCUT2D eigenvalue weighted by atomic mass is 10.1. The van der Waals surface area contributed by atoms with Gasteiger partial charge in [-0.15, -0.1) is 0 Å². The minimum atomic E-state index is 0.0980. The van der Waals surface area contributed by atoms with Crippen molar-refractivity contribution in [3.63, 3.8) is 0 Å². The van der Waals surface area contributed by atoms with Crippen LogP contribution in [-0.2, 0) is 13.0 Å². The van der Waals surface area contributed by atoms with E-state index in [2.05, 4.69) is 23.4 Å². The SMILES string of the molecule is CC(CCc1ccc2c(c1)OCO2)Nc1cnn(CCO)c1. The highest BCUT2D eigenvalue weighted by atomic mass is 16.7. The van der Waals surface area contributed by atoms with Crippen molar-refractivity contribution >= 4 is 5.69 Å². The number of ether oxygens (including phenoxy) is 2. The fourth-order valence-electron chi connectivity index (χ4n) is 2.50. The normalized spacial score (nSPS) is 14.1. The van der Waals surface area contributed by atoms with Gasteiger partial charge in [0, 0.05) is 12.2 Å². The highest BCUT2D eigenvalue weighted by molar-refractivity contribution is 5.44. The summed E-state index contributed by atoms with van der Waals surface area (Å²) in [6.45, 7) is 3.08. The van der Waals surface area contributed by atoms with Crippen LogP contribution in [0.3, 0.4) is 0 Å². The van der Waals surface area contributed by atoms with Crippen molar-refractivity contribution in [2.24, 2.45) is 0 Å². The average molecular weight is 303 g/mol. The molecule has 1 aliphatic heterocycles. The Morgan fingerprint density at radius 1 is 1.36 bits per heavy atom. The number of benzene rings is 1. The predicted molar refractivity (Wildman–Crippen MR) is 83.3 cm³/mol. The maximum Gasteiger partial charge on any atom is 0.231 e. The molecule has 1 aliphatic rings. The molecule has 1 unspecified atom stereocenters. The Balaban J connectivity index is 1.50. The van der Waals surface area contributed by atoms with Crippen LogP contribution in [0.25, 0.3) is 0 Å². The Hall–Kier alpha value is -2.21. The Morgan fingerprint density at radius 3 is 3.09 bits per heavy atom. The van der Waals surface area contributed by atoms with Gasteiger partial charge in [-0.05, 0) is 37.5 Å². The number of nitrogens with zero attached hydrogens (tertiary/aromatic N) is 2. The third-order valence-electron chi connectivity index (χ3n) is 3.68. The second-order valence-corrected chi connectivity index (χ2v) is 5.49. The quantitative estimate of drug-likeness (QED) is 0.819. The lowest BCUT2D eigenvalue weighted by molar-refractivity contribution is 0.174. The predicted octanol–water partition coefficient (Wildman–Crippen LogP) is 2.04. The summed E-state index contributed by atoms with van der Waals surface area (Å²) in [5.41, 5.74) is 2.22.